The van der Waals surface area contributed by atoms with Gasteiger partial charge in [0.15, 0.2) is 0 Å². The first-order valence-corrected chi connectivity index (χ1v) is 5.26. The molecule has 1 saturated carbocycles. The van der Waals surface area contributed by atoms with Crippen LogP contribution in [0.15, 0.2) is 0 Å². The van der Waals surface area contributed by atoms with E-state index in [1.165, 1.54) is 12.8 Å². The average Bonchev–Trinajstić information content (AvgIpc) is 2.93. The van der Waals surface area contributed by atoms with Crippen LogP contribution in [0.4, 0.5) is 0 Å². The molecule has 0 aliphatic heterocycles. The van der Waals surface area contributed by atoms with Crippen molar-refractivity contribution in [2.45, 2.75) is 45.1 Å². The molecule has 0 aromatic heterocycles. The Morgan fingerprint density at radius 3 is 2.85 bits per heavy atom. The summed E-state index contributed by atoms with van der Waals surface area (Å²) in [5.41, 5.74) is 5.84. The summed E-state index contributed by atoms with van der Waals surface area (Å²) in [6, 6.07) is 0.186. The van der Waals surface area contributed by atoms with Gasteiger partial charge in [-0.3, -0.25) is 4.79 Å². The molecule has 1 amide bonds. The zero-order valence-electron chi connectivity index (χ0n) is 8.38. The second kappa shape index (κ2) is 5.22. The average molecular weight is 184 g/mol. The predicted octanol–water partition coefficient (Wildman–Crippen LogP) is 1.03. The fourth-order valence-corrected chi connectivity index (χ4v) is 1.35. The molecule has 1 atom stereocenters. The fourth-order valence-electron chi connectivity index (χ4n) is 1.35. The van der Waals surface area contributed by atoms with Crippen LogP contribution in [0.2, 0.25) is 0 Å². The lowest BCUT2D eigenvalue weighted by Gasteiger charge is -2.11. The van der Waals surface area contributed by atoms with Gasteiger partial charge >= 0.3 is 0 Å². The monoisotopic (exact) mass is 184 g/mol. The molecule has 3 heteroatoms. The van der Waals surface area contributed by atoms with E-state index in [9.17, 15) is 4.79 Å². The Hall–Kier alpha value is -0.570. The summed E-state index contributed by atoms with van der Waals surface area (Å²) in [5.74, 6) is 0.824. The van der Waals surface area contributed by atoms with Crippen molar-refractivity contribution in [2.24, 2.45) is 11.7 Å². The van der Waals surface area contributed by atoms with Crippen molar-refractivity contribution in [3.05, 3.63) is 0 Å². The molecular formula is C10H20N2O. The number of rotatable bonds is 6. The number of hydrogen-bond donors (Lipinski definition) is 2. The van der Waals surface area contributed by atoms with Crippen molar-refractivity contribution in [3.63, 3.8) is 0 Å². The number of hydrogen-bond acceptors (Lipinski definition) is 2. The van der Waals surface area contributed by atoms with Crippen molar-refractivity contribution in [2.75, 3.05) is 6.54 Å². The topological polar surface area (TPSA) is 55.1 Å². The van der Waals surface area contributed by atoms with Crippen LogP contribution in [0.5, 0.6) is 0 Å². The molecule has 1 unspecified atom stereocenters. The van der Waals surface area contributed by atoms with Crippen LogP contribution in [-0.4, -0.2) is 18.5 Å². The second-order valence-electron chi connectivity index (χ2n) is 3.91. The molecule has 0 heterocycles. The molecular weight excluding hydrogens is 164 g/mol. The van der Waals surface area contributed by atoms with Gasteiger partial charge in [0.25, 0.3) is 0 Å². The normalized spacial score (nSPS) is 18.3. The largest absolute Gasteiger partial charge is 0.355 e. The van der Waals surface area contributed by atoms with Crippen LogP contribution in [0.25, 0.3) is 0 Å². The van der Waals surface area contributed by atoms with Crippen LogP contribution in [0.1, 0.15) is 39.0 Å². The second-order valence-corrected chi connectivity index (χ2v) is 3.91. The van der Waals surface area contributed by atoms with Gasteiger partial charge in [0.1, 0.15) is 0 Å². The molecule has 0 aromatic rings. The predicted molar refractivity (Wildman–Crippen MR) is 53.2 cm³/mol. The Morgan fingerprint density at radius 2 is 2.31 bits per heavy atom. The third-order valence-electron chi connectivity index (χ3n) is 2.52. The summed E-state index contributed by atoms with van der Waals surface area (Å²) in [7, 11) is 0. The number of nitrogens with two attached hydrogens (primary N) is 1. The van der Waals surface area contributed by atoms with Crippen LogP contribution in [-0.2, 0) is 4.79 Å². The first-order chi connectivity index (χ1) is 6.24. The molecule has 0 radical (unpaired) electrons. The molecule has 1 rings (SSSR count). The molecule has 0 spiro atoms. The fraction of sp³-hybridized carbons (Fsp3) is 0.900. The Balaban J connectivity index is 2.00. The highest BCUT2D eigenvalue weighted by Gasteiger charge is 2.28. The van der Waals surface area contributed by atoms with Gasteiger partial charge in [-0.1, -0.05) is 13.3 Å². The van der Waals surface area contributed by atoms with Gasteiger partial charge in [0, 0.05) is 19.0 Å². The van der Waals surface area contributed by atoms with Crippen molar-refractivity contribution in [3.8, 4) is 0 Å². The molecule has 76 valence electrons. The van der Waals surface area contributed by atoms with Gasteiger partial charge in [-0.2, -0.15) is 0 Å². The summed E-state index contributed by atoms with van der Waals surface area (Å²) in [5, 5.41) is 2.87. The number of unbranched alkanes of at least 4 members (excludes halogenated alkanes) is 1. The number of nitrogens with one attached hydrogen (secondary N) is 1. The maximum absolute atomic E-state index is 11.2. The van der Waals surface area contributed by atoms with Gasteiger partial charge in [-0.25, -0.2) is 0 Å². The third kappa shape index (κ3) is 4.27. The van der Waals surface area contributed by atoms with Crippen molar-refractivity contribution in [1.29, 1.82) is 0 Å². The molecule has 0 saturated heterocycles. The number of carbonyl (C=O) groups is 1. The summed E-state index contributed by atoms with van der Waals surface area (Å²) in [4.78, 5) is 11.2. The number of amides is 1. The SMILES string of the molecule is CCCCC(=O)NCC(N)C1CC1. The lowest BCUT2D eigenvalue weighted by Crippen LogP contribution is -2.38. The Morgan fingerprint density at radius 1 is 1.62 bits per heavy atom. The Bertz CT molecular complexity index is 166. The van der Waals surface area contributed by atoms with Crippen LogP contribution in [0.3, 0.4) is 0 Å². The highest BCUT2D eigenvalue weighted by molar-refractivity contribution is 5.75. The smallest absolute Gasteiger partial charge is 0.220 e. The zero-order valence-corrected chi connectivity index (χ0v) is 8.38. The maximum Gasteiger partial charge on any atom is 0.220 e. The van der Waals surface area contributed by atoms with E-state index >= 15 is 0 Å². The third-order valence-corrected chi connectivity index (χ3v) is 2.52. The minimum absolute atomic E-state index is 0.151. The molecule has 3 N–H and O–H groups in total. The van der Waals surface area contributed by atoms with Crippen LogP contribution >= 0.6 is 0 Å². The summed E-state index contributed by atoms with van der Waals surface area (Å²) in [6.45, 7) is 2.75. The van der Waals surface area contributed by atoms with Gasteiger partial charge in [0.05, 0.1) is 0 Å². The summed E-state index contributed by atoms with van der Waals surface area (Å²) < 4.78 is 0. The minimum atomic E-state index is 0.151. The van der Waals surface area contributed by atoms with E-state index in [1.54, 1.807) is 0 Å². The van der Waals surface area contributed by atoms with Crippen molar-refractivity contribution < 1.29 is 4.79 Å². The standard InChI is InChI=1S/C10H20N2O/c1-2-3-4-10(13)12-7-9(11)8-5-6-8/h8-9H,2-7,11H2,1H3,(H,12,13). The highest BCUT2D eigenvalue weighted by Crippen LogP contribution is 2.31. The Kier molecular flexibility index (Phi) is 4.22. The van der Waals surface area contributed by atoms with E-state index in [-0.39, 0.29) is 11.9 Å². The molecule has 0 aromatic carbocycles. The quantitative estimate of drug-likeness (QED) is 0.648. The number of carbonyl (C=O) groups excluding carboxylic acids is 1. The van der Waals surface area contributed by atoms with Gasteiger partial charge in [-0.05, 0) is 25.2 Å². The van der Waals surface area contributed by atoms with Crippen LogP contribution < -0.4 is 11.1 Å². The van der Waals surface area contributed by atoms with Crippen LogP contribution in [0, 0.1) is 5.92 Å². The molecule has 1 aliphatic rings. The van der Waals surface area contributed by atoms with E-state index in [0.717, 1.165) is 12.8 Å². The Labute approximate surface area is 80.1 Å². The van der Waals surface area contributed by atoms with E-state index in [2.05, 4.69) is 12.2 Å². The lowest BCUT2D eigenvalue weighted by molar-refractivity contribution is -0.121. The minimum Gasteiger partial charge on any atom is -0.355 e. The van der Waals surface area contributed by atoms with E-state index in [4.69, 9.17) is 5.73 Å². The van der Waals surface area contributed by atoms with Crippen molar-refractivity contribution in [1.82, 2.24) is 5.32 Å². The van der Waals surface area contributed by atoms with E-state index in [1.807, 2.05) is 0 Å². The van der Waals surface area contributed by atoms with E-state index in [0.29, 0.717) is 18.9 Å². The maximum atomic E-state index is 11.2. The van der Waals surface area contributed by atoms with Gasteiger partial charge < -0.3 is 11.1 Å². The van der Waals surface area contributed by atoms with Crippen molar-refractivity contribution >= 4 is 5.91 Å². The molecule has 1 aliphatic carbocycles. The zero-order chi connectivity index (χ0) is 9.68. The summed E-state index contributed by atoms with van der Waals surface area (Å²) >= 11 is 0. The van der Waals surface area contributed by atoms with Gasteiger partial charge in [-0.15, -0.1) is 0 Å². The molecule has 0 bridgehead atoms. The van der Waals surface area contributed by atoms with Gasteiger partial charge in [0.2, 0.25) is 5.91 Å². The summed E-state index contributed by atoms with van der Waals surface area (Å²) in [6.07, 6.45) is 5.18. The first kappa shape index (κ1) is 10.5. The highest BCUT2D eigenvalue weighted by atomic mass is 16.1. The first-order valence-electron chi connectivity index (χ1n) is 5.26. The molecule has 13 heavy (non-hydrogen) atoms. The molecule has 1 fully saturated rings. The lowest BCUT2D eigenvalue weighted by atomic mass is 10.2. The molecule has 3 nitrogen and oxygen atoms in total. The van der Waals surface area contributed by atoms with E-state index < -0.39 is 0 Å².